The average Bonchev–Trinajstić information content (AvgIpc) is 2.96. The van der Waals surface area contributed by atoms with Gasteiger partial charge in [0.25, 0.3) is 0 Å². The third kappa shape index (κ3) is 3.02. The summed E-state index contributed by atoms with van der Waals surface area (Å²) in [6.07, 6.45) is 2.60. The Labute approximate surface area is 109 Å². The quantitative estimate of drug-likeness (QED) is 0.721. The van der Waals surface area contributed by atoms with Crippen molar-refractivity contribution < 1.29 is 9.90 Å². The van der Waals surface area contributed by atoms with E-state index >= 15 is 0 Å². The Morgan fingerprint density at radius 3 is 2.94 bits per heavy atom. The highest BCUT2D eigenvalue weighted by molar-refractivity contribution is 5.82. The van der Waals surface area contributed by atoms with Crippen LogP contribution in [-0.4, -0.2) is 72.2 Å². The van der Waals surface area contributed by atoms with Gasteiger partial charge in [-0.3, -0.25) is 9.69 Å². The molecule has 0 radical (unpaired) electrons. The molecule has 0 saturated carbocycles. The zero-order valence-electron chi connectivity index (χ0n) is 11.4. The molecular weight excluding hydrogens is 230 g/mol. The van der Waals surface area contributed by atoms with Crippen LogP contribution in [0.25, 0.3) is 0 Å². The van der Waals surface area contributed by atoms with E-state index in [2.05, 4.69) is 17.1 Å². The van der Waals surface area contributed by atoms with Crippen LogP contribution in [0.4, 0.5) is 0 Å². The number of likely N-dealkylation sites (tertiary alicyclic amines) is 1. The molecule has 0 aromatic carbocycles. The monoisotopic (exact) mass is 255 g/mol. The second kappa shape index (κ2) is 5.99. The molecule has 3 atom stereocenters. The van der Waals surface area contributed by atoms with Crippen molar-refractivity contribution in [2.24, 2.45) is 0 Å². The fraction of sp³-hybridized carbons (Fsp3) is 0.923. The molecule has 5 heteroatoms. The SMILES string of the molecule is CCN1CCCC1CN(C)C(=O)C1CC(O)CN1. The predicted octanol–water partition coefficient (Wildman–Crippen LogP) is -0.348. The van der Waals surface area contributed by atoms with E-state index in [0.29, 0.717) is 19.0 Å². The van der Waals surface area contributed by atoms with Gasteiger partial charge in [-0.2, -0.15) is 0 Å². The van der Waals surface area contributed by atoms with Crippen molar-refractivity contribution in [1.82, 2.24) is 15.1 Å². The highest BCUT2D eigenvalue weighted by atomic mass is 16.3. The number of amides is 1. The van der Waals surface area contributed by atoms with Crippen molar-refractivity contribution in [3.8, 4) is 0 Å². The number of carbonyl (C=O) groups excluding carboxylic acids is 1. The first-order valence-corrected chi connectivity index (χ1v) is 7.02. The van der Waals surface area contributed by atoms with Crippen LogP contribution in [0.2, 0.25) is 0 Å². The van der Waals surface area contributed by atoms with E-state index in [1.807, 2.05) is 11.9 Å². The number of hydrogen-bond acceptors (Lipinski definition) is 4. The lowest BCUT2D eigenvalue weighted by Crippen LogP contribution is -2.47. The van der Waals surface area contributed by atoms with Crippen LogP contribution in [0.3, 0.4) is 0 Å². The molecule has 0 aromatic rings. The zero-order chi connectivity index (χ0) is 13.1. The summed E-state index contributed by atoms with van der Waals surface area (Å²) in [7, 11) is 1.88. The van der Waals surface area contributed by atoms with E-state index in [1.54, 1.807) is 0 Å². The highest BCUT2D eigenvalue weighted by Crippen LogP contribution is 2.18. The van der Waals surface area contributed by atoms with E-state index in [9.17, 15) is 9.90 Å². The minimum atomic E-state index is -0.369. The third-order valence-corrected chi connectivity index (χ3v) is 4.17. The molecule has 1 amide bonds. The topological polar surface area (TPSA) is 55.8 Å². The summed E-state index contributed by atoms with van der Waals surface area (Å²) in [5, 5.41) is 12.5. The molecule has 2 aliphatic heterocycles. The molecule has 5 nitrogen and oxygen atoms in total. The van der Waals surface area contributed by atoms with Gasteiger partial charge in [-0.25, -0.2) is 0 Å². The predicted molar refractivity (Wildman–Crippen MR) is 70.3 cm³/mol. The Hall–Kier alpha value is -0.650. The normalized spacial score (nSPS) is 32.9. The largest absolute Gasteiger partial charge is 0.392 e. The molecule has 0 spiro atoms. The fourth-order valence-corrected chi connectivity index (χ4v) is 3.10. The van der Waals surface area contributed by atoms with Crippen molar-refractivity contribution >= 4 is 5.91 Å². The first-order chi connectivity index (χ1) is 8.61. The lowest BCUT2D eigenvalue weighted by molar-refractivity contribution is -0.132. The first kappa shape index (κ1) is 13.8. The van der Waals surface area contributed by atoms with E-state index < -0.39 is 0 Å². The lowest BCUT2D eigenvalue weighted by atomic mass is 10.1. The molecule has 2 saturated heterocycles. The van der Waals surface area contributed by atoms with Gasteiger partial charge < -0.3 is 15.3 Å². The number of nitrogens with zero attached hydrogens (tertiary/aromatic N) is 2. The Kier molecular flexibility index (Phi) is 4.59. The number of carbonyl (C=O) groups is 1. The van der Waals surface area contributed by atoms with Crippen LogP contribution in [0.5, 0.6) is 0 Å². The number of nitrogens with one attached hydrogen (secondary N) is 1. The van der Waals surface area contributed by atoms with Crippen LogP contribution in [-0.2, 0) is 4.79 Å². The van der Waals surface area contributed by atoms with E-state index in [4.69, 9.17) is 0 Å². The highest BCUT2D eigenvalue weighted by Gasteiger charge is 2.32. The summed E-state index contributed by atoms with van der Waals surface area (Å²) < 4.78 is 0. The molecule has 2 N–H and O–H groups in total. The van der Waals surface area contributed by atoms with E-state index in [-0.39, 0.29) is 18.1 Å². The molecule has 2 heterocycles. The molecular formula is C13H25N3O2. The molecule has 3 unspecified atom stereocenters. The zero-order valence-corrected chi connectivity index (χ0v) is 11.4. The van der Waals surface area contributed by atoms with Gasteiger partial charge in [0.05, 0.1) is 12.1 Å². The maximum Gasteiger partial charge on any atom is 0.239 e. The number of aliphatic hydroxyl groups excluding tert-OH is 1. The van der Waals surface area contributed by atoms with Gasteiger partial charge in [-0.15, -0.1) is 0 Å². The lowest BCUT2D eigenvalue weighted by Gasteiger charge is -2.29. The fourth-order valence-electron chi connectivity index (χ4n) is 3.10. The Morgan fingerprint density at radius 1 is 1.56 bits per heavy atom. The number of β-amino-alcohol motifs (C(OH)–C–C–N with tert-alkyl or cyclic N) is 1. The molecule has 18 heavy (non-hydrogen) atoms. The second-order valence-electron chi connectivity index (χ2n) is 5.49. The van der Waals surface area contributed by atoms with Crippen molar-refractivity contribution in [3.05, 3.63) is 0 Å². The van der Waals surface area contributed by atoms with Crippen LogP contribution in [0.15, 0.2) is 0 Å². The van der Waals surface area contributed by atoms with Gasteiger partial charge in [-0.1, -0.05) is 6.92 Å². The molecule has 104 valence electrons. The van der Waals surface area contributed by atoms with Crippen molar-refractivity contribution in [2.75, 3.05) is 33.2 Å². The molecule has 2 aliphatic rings. The van der Waals surface area contributed by atoms with Gasteiger partial charge in [-0.05, 0) is 32.4 Å². The van der Waals surface area contributed by atoms with E-state index in [0.717, 1.165) is 19.6 Å². The molecule has 0 aromatic heterocycles. The van der Waals surface area contributed by atoms with Crippen molar-refractivity contribution in [1.29, 1.82) is 0 Å². The standard InChI is InChI=1S/C13H25N3O2/c1-3-16-6-4-5-10(16)9-15(2)13(18)12-7-11(17)8-14-12/h10-12,14,17H,3-9H2,1-2H3. The smallest absolute Gasteiger partial charge is 0.239 e. The van der Waals surface area contributed by atoms with Crippen molar-refractivity contribution in [3.63, 3.8) is 0 Å². The molecule has 2 fully saturated rings. The Balaban J connectivity index is 1.83. The summed E-state index contributed by atoms with van der Waals surface area (Å²) in [6.45, 7) is 5.74. The summed E-state index contributed by atoms with van der Waals surface area (Å²) in [5.74, 6) is 0.120. The summed E-state index contributed by atoms with van der Waals surface area (Å²) in [6, 6.07) is 0.316. The van der Waals surface area contributed by atoms with Crippen LogP contribution in [0, 0.1) is 0 Å². The minimum absolute atomic E-state index is 0.120. The minimum Gasteiger partial charge on any atom is -0.392 e. The maximum absolute atomic E-state index is 12.2. The molecule has 2 rings (SSSR count). The average molecular weight is 255 g/mol. The summed E-state index contributed by atoms with van der Waals surface area (Å²) >= 11 is 0. The first-order valence-electron chi connectivity index (χ1n) is 7.02. The third-order valence-electron chi connectivity index (χ3n) is 4.17. The van der Waals surface area contributed by atoms with Gasteiger partial charge in [0, 0.05) is 26.2 Å². The Morgan fingerprint density at radius 2 is 2.33 bits per heavy atom. The van der Waals surface area contributed by atoms with Crippen LogP contribution < -0.4 is 5.32 Å². The van der Waals surface area contributed by atoms with Gasteiger partial charge in [0.2, 0.25) is 5.91 Å². The number of aliphatic hydroxyl groups is 1. The summed E-state index contributed by atoms with van der Waals surface area (Å²) in [4.78, 5) is 16.5. The number of likely N-dealkylation sites (N-methyl/N-ethyl adjacent to an activating group) is 2. The van der Waals surface area contributed by atoms with Gasteiger partial charge in [0.1, 0.15) is 0 Å². The van der Waals surface area contributed by atoms with Crippen LogP contribution >= 0.6 is 0 Å². The van der Waals surface area contributed by atoms with E-state index in [1.165, 1.54) is 12.8 Å². The second-order valence-corrected chi connectivity index (χ2v) is 5.49. The number of rotatable bonds is 4. The Bertz CT molecular complexity index is 298. The summed E-state index contributed by atoms with van der Waals surface area (Å²) in [5.41, 5.74) is 0. The van der Waals surface area contributed by atoms with Crippen molar-refractivity contribution in [2.45, 2.75) is 44.4 Å². The molecule has 0 aliphatic carbocycles. The number of hydrogen-bond donors (Lipinski definition) is 2. The van der Waals surface area contributed by atoms with Gasteiger partial charge in [0.15, 0.2) is 0 Å². The van der Waals surface area contributed by atoms with Gasteiger partial charge >= 0.3 is 0 Å². The maximum atomic E-state index is 12.2. The molecule has 0 bridgehead atoms. The van der Waals surface area contributed by atoms with Crippen LogP contribution in [0.1, 0.15) is 26.2 Å².